The van der Waals surface area contributed by atoms with Crippen LogP contribution < -0.4 is 0 Å². The molecule has 28 heavy (non-hydrogen) atoms. The van der Waals surface area contributed by atoms with Gasteiger partial charge in [-0.25, -0.2) is 4.79 Å². The molecule has 0 aliphatic carbocycles. The number of benzene rings is 2. The topological polar surface area (TPSA) is 62.4 Å². The van der Waals surface area contributed by atoms with Crippen LogP contribution in [-0.2, 0) is 16.0 Å². The summed E-state index contributed by atoms with van der Waals surface area (Å²) in [5, 5.41) is 1.06. The highest BCUT2D eigenvalue weighted by molar-refractivity contribution is 5.98. The number of nitrogens with zero attached hydrogens (tertiary/aromatic N) is 1. The Kier molecular flexibility index (Phi) is 4.46. The standard InChI is InChI=1S/C23H24N2O3/c1-23(2,3)22-25(20(26)15-9-5-4-6-10-15)19(21(27)28-22)13-16-14-24-18-12-8-7-11-17(16)18/h4-12,14,19,22,24H,13H2,1-3H3. The number of hydrogen-bond donors (Lipinski definition) is 1. The maximum atomic E-state index is 13.3. The molecule has 5 heteroatoms. The summed E-state index contributed by atoms with van der Waals surface area (Å²) in [7, 11) is 0. The van der Waals surface area contributed by atoms with Gasteiger partial charge in [0.2, 0.25) is 0 Å². The van der Waals surface area contributed by atoms with E-state index in [0.717, 1.165) is 16.5 Å². The first-order chi connectivity index (χ1) is 13.4. The first-order valence-corrected chi connectivity index (χ1v) is 9.49. The summed E-state index contributed by atoms with van der Waals surface area (Å²) >= 11 is 0. The van der Waals surface area contributed by atoms with E-state index in [4.69, 9.17) is 4.74 Å². The van der Waals surface area contributed by atoms with Crippen LogP contribution in [0.3, 0.4) is 0 Å². The van der Waals surface area contributed by atoms with E-state index in [1.165, 1.54) is 0 Å². The monoisotopic (exact) mass is 376 g/mol. The highest BCUT2D eigenvalue weighted by Gasteiger charge is 2.50. The van der Waals surface area contributed by atoms with E-state index in [-0.39, 0.29) is 11.9 Å². The predicted octanol–water partition coefficient (Wildman–Crippen LogP) is 4.15. The molecule has 1 saturated heterocycles. The molecule has 1 aliphatic heterocycles. The number of aromatic amines is 1. The van der Waals surface area contributed by atoms with Crippen molar-refractivity contribution in [3.8, 4) is 0 Å². The van der Waals surface area contributed by atoms with Gasteiger partial charge in [0.15, 0.2) is 6.23 Å². The Morgan fingerprint density at radius 3 is 2.46 bits per heavy atom. The maximum Gasteiger partial charge on any atom is 0.331 e. The Morgan fingerprint density at radius 1 is 1.07 bits per heavy atom. The number of ether oxygens (including phenoxy) is 1. The van der Waals surface area contributed by atoms with E-state index in [1.807, 2.05) is 69.4 Å². The van der Waals surface area contributed by atoms with Gasteiger partial charge in [0, 0.05) is 34.5 Å². The summed E-state index contributed by atoms with van der Waals surface area (Å²) in [6.07, 6.45) is 1.71. The molecule has 2 unspecified atom stereocenters. The maximum absolute atomic E-state index is 13.3. The van der Waals surface area contributed by atoms with Crippen LogP contribution in [0.1, 0.15) is 36.7 Å². The van der Waals surface area contributed by atoms with Crippen LogP contribution in [0.15, 0.2) is 60.8 Å². The molecule has 4 rings (SSSR count). The molecule has 0 saturated carbocycles. The third-order valence-electron chi connectivity index (χ3n) is 5.17. The third-order valence-corrected chi connectivity index (χ3v) is 5.17. The fourth-order valence-corrected chi connectivity index (χ4v) is 3.78. The van der Waals surface area contributed by atoms with Crippen molar-refractivity contribution in [2.75, 3.05) is 0 Å². The quantitative estimate of drug-likeness (QED) is 0.699. The lowest BCUT2D eigenvalue weighted by Crippen LogP contribution is -2.48. The Labute approximate surface area is 164 Å². The number of para-hydroxylation sites is 1. The number of rotatable bonds is 3. The van der Waals surface area contributed by atoms with E-state index >= 15 is 0 Å². The predicted molar refractivity (Wildman–Crippen MR) is 108 cm³/mol. The van der Waals surface area contributed by atoms with Crippen molar-refractivity contribution in [1.29, 1.82) is 0 Å². The molecule has 1 amide bonds. The summed E-state index contributed by atoms with van der Waals surface area (Å²) in [6.45, 7) is 5.93. The van der Waals surface area contributed by atoms with Gasteiger partial charge in [0.1, 0.15) is 6.04 Å². The van der Waals surface area contributed by atoms with E-state index in [9.17, 15) is 9.59 Å². The van der Waals surface area contributed by atoms with Crippen LogP contribution in [0, 0.1) is 5.41 Å². The summed E-state index contributed by atoms with van der Waals surface area (Å²) < 4.78 is 5.71. The molecular formula is C23H24N2O3. The number of nitrogens with one attached hydrogen (secondary N) is 1. The second kappa shape index (κ2) is 6.82. The molecular weight excluding hydrogens is 352 g/mol. The summed E-state index contributed by atoms with van der Waals surface area (Å²) in [5.74, 6) is -0.536. The summed E-state index contributed by atoms with van der Waals surface area (Å²) in [6, 6.07) is 16.4. The average molecular weight is 376 g/mol. The Bertz CT molecular complexity index is 1020. The van der Waals surface area contributed by atoms with E-state index in [0.29, 0.717) is 12.0 Å². The lowest BCUT2D eigenvalue weighted by atomic mass is 9.92. The number of fused-ring (bicyclic) bond motifs is 1. The molecule has 3 aromatic rings. The van der Waals surface area contributed by atoms with Crippen LogP contribution in [-0.4, -0.2) is 34.0 Å². The van der Waals surface area contributed by atoms with Gasteiger partial charge in [-0.2, -0.15) is 0 Å². The second-order valence-electron chi connectivity index (χ2n) is 8.31. The van der Waals surface area contributed by atoms with Gasteiger partial charge in [-0.1, -0.05) is 57.2 Å². The normalized spacial score (nSPS) is 19.8. The van der Waals surface area contributed by atoms with Crippen molar-refractivity contribution < 1.29 is 14.3 Å². The third kappa shape index (κ3) is 3.17. The minimum absolute atomic E-state index is 0.184. The molecule has 5 nitrogen and oxygen atoms in total. The van der Waals surface area contributed by atoms with Crippen LogP contribution in [0.5, 0.6) is 0 Å². The number of hydrogen-bond acceptors (Lipinski definition) is 3. The highest BCUT2D eigenvalue weighted by Crippen LogP contribution is 2.35. The minimum atomic E-state index is -0.656. The van der Waals surface area contributed by atoms with Gasteiger partial charge < -0.3 is 9.72 Å². The van der Waals surface area contributed by atoms with Crippen molar-refractivity contribution in [3.05, 3.63) is 71.9 Å². The molecule has 0 spiro atoms. The number of carbonyl (C=O) groups is 2. The lowest BCUT2D eigenvalue weighted by Gasteiger charge is -2.34. The van der Waals surface area contributed by atoms with Crippen molar-refractivity contribution in [2.24, 2.45) is 5.41 Å². The molecule has 1 aromatic heterocycles. The number of esters is 1. The van der Waals surface area contributed by atoms with Crippen molar-refractivity contribution in [3.63, 3.8) is 0 Å². The molecule has 1 fully saturated rings. The molecule has 2 aromatic carbocycles. The molecule has 144 valence electrons. The highest BCUT2D eigenvalue weighted by atomic mass is 16.6. The molecule has 1 N–H and O–H groups in total. The Hall–Kier alpha value is -3.08. The van der Waals surface area contributed by atoms with Crippen LogP contribution >= 0.6 is 0 Å². The fraction of sp³-hybridized carbons (Fsp3) is 0.304. The SMILES string of the molecule is CC(C)(C)C1OC(=O)C(Cc2c[nH]c3ccccc23)N1C(=O)c1ccccc1. The van der Waals surface area contributed by atoms with Gasteiger partial charge in [-0.3, -0.25) is 9.69 Å². The molecule has 0 bridgehead atoms. The van der Waals surface area contributed by atoms with Crippen LogP contribution in [0.2, 0.25) is 0 Å². The average Bonchev–Trinajstić information content (AvgIpc) is 3.24. The lowest BCUT2D eigenvalue weighted by molar-refractivity contribution is -0.147. The Morgan fingerprint density at radius 2 is 1.75 bits per heavy atom. The molecule has 2 heterocycles. The van der Waals surface area contributed by atoms with Gasteiger partial charge in [0.25, 0.3) is 5.91 Å². The fourth-order valence-electron chi connectivity index (χ4n) is 3.78. The first-order valence-electron chi connectivity index (χ1n) is 9.49. The molecule has 0 radical (unpaired) electrons. The first kappa shape index (κ1) is 18.3. The zero-order chi connectivity index (χ0) is 19.9. The number of amides is 1. The second-order valence-corrected chi connectivity index (χ2v) is 8.31. The van der Waals surface area contributed by atoms with Crippen molar-refractivity contribution >= 4 is 22.8 Å². The van der Waals surface area contributed by atoms with E-state index < -0.39 is 17.7 Å². The van der Waals surface area contributed by atoms with Gasteiger partial charge >= 0.3 is 5.97 Å². The smallest absolute Gasteiger partial charge is 0.331 e. The largest absolute Gasteiger partial charge is 0.439 e. The van der Waals surface area contributed by atoms with Gasteiger partial charge in [0.05, 0.1) is 0 Å². The summed E-state index contributed by atoms with van der Waals surface area (Å²) in [5.41, 5.74) is 2.17. The summed E-state index contributed by atoms with van der Waals surface area (Å²) in [4.78, 5) is 31.0. The van der Waals surface area contributed by atoms with E-state index in [1.54, 1.807) is 17.0 Å². The minimum Gasteiger partial charge on any atom is -0.439 e. The molecule has 1 aliphatic rings. The van der Waals surface area contributed by atoms with E-state index in [2.05, 4.69) is 4.98 Å². The number of H-pyrrole nitrogens is 1. The zero-order valence-electron chi connectivity index (χ0n) is 16.3. The molecule has 2 atom stereocenters. The number of aromatic nitrogens is 1. The Balaban J connectivity index is 1.73. The number of carbonyl (C=O) groups excluding carboxylic acids is 2. The van der Waals surface area contributed by atoms with Crippen LogP contribution in [0.4, 0.5) is 0 Å². The van der Waals surface area contributed by atoms with Crippen molar-refractivity contribution in [1.82, 2.24) is 9.88 Å². The zero-order valence-corrected chi connectivity index (χ0v) is 16.3. The van der Waals surface area contributed by atoms with Gasteiger partial charge in [-0.05, 0) is 23.8 Å². The number of cyclic esters (lactones) is 1. The van der Waals surface area contributed by atoms with Crippen LogP contribution in [0.25, 0.3) is 10.9 Å². The van der Waals surface area contributed by atoms with Gasteiger partial charge in [-0.15, -0.1) is 0 Å². The van der Waals surface area contributed by atoms with Crippen molar-refractivity contribution in [2.45, 2.75) is 39.5 Å².